The second-order valence-corrected chi connectivity index (χ2v) is 5.94. The molecule has 1 fully saturated rings. The number of halogens is 1. The fourth-order valence-electron chi connectivity index (χ4n) is 2.99. The minimum atomic E-state index is -0.956. The van der Waals surface area contributed by atoms with Gasteiger partial charge in [-0.3, -0.25) is 4.79 Å². The first-order chi connectivity index (χ1) is 11.1. The first-order valence-corrected chi connectivity index (χ1v) is 7.98. The van der Waals surface area contributed by atoms with E-state index in [2.05, 4.69) is 0 Å². The number of hydrogen-bond acceptors (Lipinski definition) is 3. The predicted octanol–water partition coefficient (Wildman–Crippen LogP) is 2.51. The van der Waals surface area contributed by atoms with Crippen LogP contribution < -0.4 is 0 Å². The number of nitrogens with zero attached hydrogens (tertiary/aromatic N) is 1. The van der Waals surface area contributed by atoms with Crippen LogP contribution in [0.5, 0.6) is 0 Å². The van der Waals surface area contributed by atoms with Crippen LogP contribution in [-0.4, -0.2) is 36.1 Å². The number of fused-ring (bicyclic) bond motifs is 1. The highest BCUT2D eigenvalue weighted by Crippen LogP contribution is 2.36. The Morgan fingerprint density at radius 2 is 2.22 bits per heavy atom. The lowest BCUT2D eigenvalue weighted by atomic mass is 9.94. The Labute approximate surface area is 134 Å². The van der Waals surface area contributed by atoms with Crippen molar-refractivity contribution in [2.24, 2.45) is 5.92 Å². The molecular formula is C18H20FNO3. The van der Waals surface area contributed by atoms with Gasteiger partial charge in [-0.05, 0) is 42.5 Å². The van der Waals surface area contributed by atoms with Gasteiger partial charge in [0.2, 0.25) is 5.91 Å². The molecule has 4 nitrogen and oxygen atoms in total. The zero-order valence-electron chi connectivity index (χ0n) is 13.1. The number of rotatable bonds is 4. The van der Waals surface area contributed by atoms with Crippen LogP contribution in [0.15, 0.2) is 24.3 Å². The van der Waals surface area contributed by atoms with Gasteiger partial charge >= 0.3 is 5.97 Å². The molecule has 1 aromatic carbocycles. The number of esters is 1. The molecule has 2 atom stereocenters. The molecule has 0 bridgehead atoms. The summed E-state index contributed by atoms with van der Waals surface area (Å²) in [6.07, 6.45) is 3.31. The van der Waals surface area contributed by atoms with Crippen molar-refractivity contribution in [2.75, 3.05) is 13.2 Å². The number of alkyl halides is 1. The second kappa shape index (κ2) is 6.52. The molecule has 122 valence electrons. The molecule has 1 aromatic rings. The normalized spacial score (nSPS) is 22.8. The Kier molecular flexibility index (Phi) is 4.46. The molecule has 3 rings (SSSR count). The van der Waals surface area contributed by atoms with E-state index in [1.54, 1.807) is 17.9 Å². The SMILES string of the molecule is CCOC(=O)/C=C/c1cccc2c1CCN(C(=O)C1CC1F)C2. The third-order valence-electron chi connectivity index (χ3n) is 4.33. The second-order valence-electron chi connectivity index (χ2n) is 5.94. The van der Waals surface area contributed by atoms with Crippen molar-refractivity contribution in [3.8, 4) is 0 Å². The summed E-state index contributed by atoms with van der Waals surface area (Å²) >= 11 is 0. The highest BCUT2D eigenvalue weighted by Gasteiger charge is 2.46. The maximum Gasteiger partial charge on any atom is 0.330 e. The molecule has 1 saturated carbocycles. The Morgan fingerprint density at radius 1 is 1.43 bits per heavy atom. The van der Waals surface area contributed by atoms with Crippen molar-refractivity contribution in [1.29, 1.82) is 0 Å². The zero-order valence-corrected chi connectivity index (χ0v) is 13.1. The summed E-state index contributed by atoms with van der Waals surface area (Å²) in [4.78, 5) is 25.3. The first-order valence-electron chi connectivity index (χ1n) is 7.98. The van der Waals surface area contributed by atoms with E-state index in [1.807, 2.05) is 18.2 Å². The van der Waals surface area contributed by atoms with E-state index in [0.29, 0.717) is 32.5 Å². The van der Waals surface area contributed by atoms with Gasteiger partial charge < -0.3 is 9.64 Å². The molecule has 23 heavy (non-hydrogen) atoms. The van der Waals surface area contributed by atoms with Crippen molar-refractivity contribution >= 4 is 18.0 Å². The number of benzene rings is 1. The number of hydrogen-bond donors (Lipinski definition) is 0. The third-order valence-corrected chi connectivity index (χ3v) is 4.33. The molecular weight excluding hydrogens is 297 g/mol. The average Bonchev–Trinajstić information content (AvgIpc) is 3.28. The summed E-state index contributed by atoms with van der Waals surface area (Å²) in [5, 5.41) is 0. The van der Waals surface area contributed by atoms with Crippen molar-refractivity contribution in [1.82, 2.24) is 4.90 Å². The summed E-state index contributed by atoms with van der Waals surface area (Å²) in [5.74, 6) is -0.862. The minimum Gasteiger partial charge on any atom is -0.463 e. The Hall–Kier alpha value is -2.17. The Bertz CT molecular complexity index is 656. The number of amides is 1. The van der Waals surface area contributed by atoms with Gasteiger partial charge in [0, 0.05) is 19.2 Å². The van der Waals surface area contributed by atoms with E-state index in [9.17, 15) is 14.0 Å². The predicted molar refractivity (Wildman–Crippen MR) is 84.2 cm³/mol. The summed E-state index contributed by atoms with van der Waals surface area (Å²) in [5.41, 5.74) is 3.17. The fourth-order valence-corrected chi connectivity index (χ4v) is 2.99. The van der Waals surface area contributed by atoms with Gasteiger partial charge in [0.15, 0.2) is 0 Å². The summed E-state index contributed by atoms with van der Waals surface area (Å²) in [6, 6.07) is 5.84. The number of carbonyl (C=O) groups excluding carboxylic acids is 2. The van der Waals surface area contributed by atoms with Crippen molar-refractivity contribution in [3.63, 3.8) is 0 Å². The monoisotopic (exact) mass is 317 g/mol. The summed E-state index contributed by atoms with van der Waals surface area (Å²) in [7, 11) is 0. The molecule has 0 saturated heterocycles. The van der Waals surface area contributed by atoms with Crippen molar-refractivity contribution in [3.05, 3.63) is 41.0 Å². The average molecular weight is 317 g/mol. The third kappa shape index (κ3) is 3.44. The summed E-state index contributed by atoms with van der Waals surface area (Å²) in [6.45, 7) is 3.23. The summed E-state index contributed by atoms with van der Waals surface area (Å²) < 4.78 is 18.0. The van der Waals surface area contributed by atoms with Crippen LogP contribution in [0.1, 0.15) is 30.0 Å². The fraction of sp³-hybridized carbons (Fsp3) is 0.444. The molecule has 5 heteroatoms. The van der Waals surface area contributed by atoms with Crippen LogP contribution in [0, 0.1) is 5.92 Å². The lowest BCUT2D eigenvalue weighted by Gasteiger charge is -2.30. The van der Waals surface area contributed by atoms with Gasteiger partial charge in [-0.1, -0.05) is 18.2 Å². The molecule has 0 N–H and O–H groups in total. The highest BCUT2D eigenvalue weighted by molar-refractivity contribution is 5.87. The minimum absolute atomic E-state index is 0.0735. The zero-order chi connectivity index (χ0) is 16.4. The highest BCUT2D eigenvalue weighted by atomic mass is 19.1. The van der Waals surface area contributed by atoms with E-state index in [0.717, 1.165) is 16.7 Å². The van der Waals surface area contributed by atoms with Gasteiger partial charge in [0.25, 0.3) is 0 Å². The van der Waals surface area contributed by atoms with Crippen LogP contribution in [0.4, 0.5) is 4.39 Å². The topological polar surface area (TPSA) is 46.6 Å². The smallest absolute Gasteiger partial charge is 0.330 e. The molecule has 2 unspecified atom stereocenters. The standard InChI is InChI=1S/C18H20FNO3/c1-2-23-17(21)7-6-12-4-3-5-13-11-20(9-8-14(12)13)18(22)15-10-16(15)19/h3-7,15-16H,2,8-11H2,1H3/b7-6+. The van der Waals surface area contributed by atoms with Crippen molar-refractivity contribution in [2.45, 2.75) is 32.5 Å². The number of carbonyl (C=O) groups is 2. The lowest BCUT2D eigenvalue weighted by Crippen LogP contribution is -2.37. The van der Waals surface area contributed by atoms with Crippen molar-refractivity contribution < 1.29 is 18.7 Å². The largest absolute Gasteiger partial charge is 0.463 e. The van der Waals surface area contributed by atoms with E-state index in [-0.39, 0.29) is 11.9 Å². The van der Waals surface area contributed by atoms with Crippen LogP contribution in [0.3, 0.4) is 0 Å². The maximum atomic E-state index is 13.1. The lowest BCUT2D eigenvalue weighted by molar-refractivity contribution is -0.137. The number of ether oxygens (including phenoxy) is 1. The van der Waals surface area contributed by atoms with E-state index in [1.165, 1.54) is 6.08 Å². The van der Waals surface area contributed by atoms with Crippen LogP contribution in [0.25, 0.3) is 6.08 Å². The Morgan fingerprint density at radius 3 is 2.91 bits per heavy atom. The van der Waals surface area contributed by atoms with E-state index in [4.69, 9.17) is 4.74 Å². The van der Waals surface area contributed by atoms with E-state index >= 15 is 0 Å². The van der Waals surface area contributed by atoms with Crippen LogP contribution in [-0.2, 0) is 27.3 Å². The molecule has 2 aliphatic rings. The van der Waals surface area contributed by atoms with Gasteiger partial charge in [-0.25, -0.2) is 9.18 Å². The molecule has 0 aromatic heterocycles. The quantitative estimate of drug-likeness (QED) is 0.633. The van der Waals surface area contributed by atoms with Gasteiger partial charge in [-0.15, -0.1) is 0 Å². The molecule has 1 aliphatic carbocycles. The van der Waals surface area contributed by atoms with Crippen LogP contribution in [0.2, 0.25) is 0 Å². The molecule has 1 amide bonds. The Balaban J connectivity index is 1.73. The van der Waals surface area contributed by atoms with E-state index < -0.39 is 12.1 Å². The molecule has 1 aliphatic heterocycles. The molecule has 1 heterocycles. The first kappa shape index (κ1) is 15.7. The van der Waals surface area contributed by atoms with Crippen LogP contribution >= 0.6 is 0 Å². The van der Waals surface area contributed by atoms with Gasteiger partial charge in [-0.2, -0.15) is 0 Å². The maximum absolute atomic E-state index is 13.1. The van der Waals surface area contributed by atoms with Gasteiger partial charge in [0.05, 0.1) is 12.5 Å². The van der Waals surface area contributed by atoms with Gasteiger partial charge in [0.1, 0.15) is 6.17 Å². The molecule has 0 radical (unpaired) electrons. The molecule has 0 spiro atoms.